The van der Waals surface area contributed by atoms with Gasteiger partial charge in [-0.05, 0) is 66.8 Å². The molecule has 0 spiro atoms. The number of nitrogens with zero attached hydrogens (tertiary/aromatic N) is 2. The second-order valence-electron chi connectivity index (χ2n) is 13.3. The first-order chi connectivity index (χ1) is 21.2. The summed E-state index contributed by atoms with van der Waals surface area (Å²) in [6.07, 6.45) is 2.62. The lowest BCUT2D eigenvalue weighted by Gasteiger charge is -2.41. The zero-order valence-corrected chi connectivity index (χ0v) is 27.6. The second-order valence-corrected chi connectivity index (χ2v) is 16.1. The molecule has 3 unspecified atom stereocenters. The van der Waals surface area contributed by atoms with Gasteiger partial charge in [0, 0.05) is 40.9 Å². The van der Waals surface area contributed by atoms with E-state index in [9.17, 15) is 40.6 Å². The maximum Gasteiger partial charge on any atom is 0.303 e. The average Bonchev–Trinajstić information content (AvgIpc) is 3.33. The molecule has 12 nitrogen and oxygen atoms in total. The van der Waals surface area contributed by atoms with E-state index in [2.05, 4.69) is 4.99 Å². The summed E-state index contributed by atoms with van der Waals surface area (Å²) < 4.78 is 66.5. The van der Waals surface area contributed by atoms with E-state index in [4.69, 9.17) is 5.11 Å². The number of carboxylic acids is 1. The van der Waals surface area contributed by atoms with Gasteiger partial charge in [-0.15, -0.1) is 0 Å². The van der Waals surface area contributed by atoms with E-state index in [1.54, 1.807) is 12.1 Å². The van der Waals surface area contributed by atoms with Crippen LogP contribution in [0.3, 0.4) is 0 Å². The first-order valence-electron chi connectivity index (χ1n) is 15.0. The number of aliphatic carboxylic acids is 1. The highest BCUT2D eigenvalue weighted by molar-refractivity contribution is 7.86. The van der Waals surface area contributed by atoms with Gasteiger partial charge in [0.25, 0.3) is 20.2 Å². The molecule has 46 heavy (non-hydrogen) atoms. The Hall–Kier alpha value is -3.43. The highest BCUT2D eigenvalue weighted by Crippen LogP contribution is 2.51. The fourth-order valence-electron chi connectivity index (χ4n) is 6.79. The molecule has 2 heterocycles. The number of aliphatic hydroxyl groups is 1. The summed E-state index contributed by atoms with van der Waals surface area (Å²) in [5.74, 6) is -2.67. The zero-order valence-electron chi connectivity index (χ0n) is 26.0. The molecular weight excluding hydrogens is 636 g/mol. The number of Topliss-reactive ketones (excluding diaryl/α,β-unsaturated/α-hetero) is 1. The first-order valence-corrected chi connectivity index (χ1v) is 17.9. The van der Waals surface area contributed by atoms with Crippen LogP contribution in [0.1, 0.15) is 70.9 Å². The normalized spacial score (nSPS) is 24.0. The van der Waals surface area contributed by atoms with Crippen LogP contribution in [0.2, 0.25) is 0 Å². The number of aliphatic hydroxyl groups excluding tert-OH is 1. The smallest absolute Gasteiger partial charge is 0.303 e. The number of anilines is 1. The number of aliphatic imine (C=N–C) groups is 1. The van der Waals surface area contributed by atoms with Crippen molar-refractivity contribution in [3.8, 4) is 0 Å². The van der Waals surface area contributed by atoms with E-state index in [1.165, 1.54) is 30.3 Å². The number of fused-ring (bicyclic) bond motifs is 2. The molecule has 14 heteroatoms. The second kappa shape index (κ2) is 11.7. The SMILES string of the molecule is CC1(C)C(CC2C(=O)C(C=C3N(CCCCCC(=O)O)c4ccc(S(=O)(=O)O)cc4C3(C)C)C2O)=Nc2ccc(S(=O)(=O)O)cc21. The standard InChI is InChI=1S/C32H38N2O10S2/c1-31(2)22-14-18(45(39,40)41)9-11-24(22)33-26(31)16-20-29(37)21(30(20)38)17-27-32(3,4)23-15-19(46(42,43)44)10-12-25(23)34(27)13-7-5-6-8-28(35)36/h9-12,14-15,17,20-21,29,37H,5-8,13,16H2,1-4H3,(H,35,36)(H,39,40,41)(H,42,43,44). The summed E-state index contributed by atoms with van der Waals surface area (Å²) in [7, 11) is -8.90. The molecule has 3 aliphatic rings. The van der Waals surface area contributed by atoms with Crippen LogP contribution >= 0.6 is 0 Å². The number of carbonyl (C=O) groups excluding carboxylic acids is 1. The fraction of sp³-hybridized carbons (Fsp3) is 0.469. The molecule has 3 atom stereocenters. The molecule has 0 saturated heterocycles. The summed E-state index contributed by atoms with van der Waals surface area (Å²) in [4.78, 5) is 30.6. The Morgan fingerprint density at radius 2 is 1.52 bits per heavy atom. The minimum atomic E-state index is -4.48. The molecule has 1 fully saturated rings. The molecule has 2 aliphatic heterocycles. The first kappa shape index (κ1) is 33.9. The number of hydrogen-bond donors (Lipinski definition) is 4. The lowest BCUT2D eigenvalue weighted by atomic mass is 9.65. The van der Waals surface area contributed by atoms with E-state index in [0.29, 0.717) is 59.7 Å². The van der Waals surface area contributed by atoms with Gasteiger partial charge in [-0.1, -0.05) is 40.2 Å². The van der Waals surface area contributed by atoms with E-state index in [-0.39, 0.29) is 28.4 Å². The third kappa shape index (κ3) is 6.04. The van der Waals surface area contributed by atoms with Crippen molar-refractivity contribution in [2.24, 2.45) is 16.8 Å². The van der Waals surface area contributed by atoms with Crippen LogP contribution < -0.4 is 4.90 Å². The van der Waals surface area contributed by atoms with Crippen molar-refractivity contribution in [3.05, 3.63) is 59.3 Å². The van der Waals surface area contributed by atoms with Crippen LogP contribution in [-0.4, -0.2) is 66.3 Å². The van der Waals surface area contributed by atoms with Crippen LogP contribution in [0.15, 0.2) is 63.0 Å². The van der Waals surface area contributed by atoms with Crippen molar-refractivity contribution >= 4 is 49.1 Å². The predicted octanol–water partition coefficient (Wildman–Crippen LogP) is 4.44. The van der Waals surface area contributed by atoms with Crippen LogP contribution in [0.25, 0.3) is 0 Å². The number of benzene rings is 2. The van der Waals surface area contributed by atoms with Gasteiger partial charge in [-0.25, -0.2) is 0 Å². The summed E-state index contributed by atoms with van der Waals surface area (Å²) in [5, 5.41) is 20.3. The Kier molecular flexibility index (Phi) is 8.61. The maximum atomic E-state index is 13.6. The number of unbranched alkanes of at least 4 members (excludes halogenated alkanes) is 2. The van der Waals surface area contributed by atoms with Gasteiger partial charge in [-0.3, -0.25) is 23.7 Å². The molecule has 2 aromatic carbocycles. The monoisotopic (exact) mass is 674 g/mol. The Balaban J connectivity index is 1.40. The van der Waals surface area contributed by atoms with Gasteiger partial charge in [0.2, 0.25) is 0 Å². The van der Waals surface area contributed by atoms with Crippen molar-refractivity contribution < 1.29 is 45.7 Å². The van der Waals surface area contributed by atoms with Crippen LogP contribution in [0.5, 0.6) is 0 Å². The van der Waals surface area contributed by atoms with Gasteiger partial charge in [0.1, 0.15) is 5.78 Å². The number of carboxylic acid groups (broad SMARTS) is 1. The number of allylic oxidation sites excluding steroid dienone is 1. The van der Waals surface area contributed by atoms with Gasteiger partial charge < -0.3 is 15.1 Å². The third-order valence-electron chi connectivity index (χ3n) is 9.57. The largest absolute Gasteiger partial charge is 0.481 e. The van der Waals surface area contributed by atoms with Crippen molar-refractivity contribution in [2.45, 2.75) is 86.5 Å². The Labute approximate surface area is 268 Å². The van der Waals surface area contributed by atoms with E-state index < -0.39 is 55.0 Å². The lowest BCUT2D eigenvalue weighted by Crippen LogP contribution is -2.53. The van der Waals surface area contributed by atoms with Crippen molar-refractivity contribution in [3.63, 3.8) is 0 Å². The van der Waals surface area contributed by atoms with Crippen molar-refractivity contribution in [1.29, 1.82) is 0 Å². The summed E-state index contributed by atoms with van der Waals surface area (Å²) in [6, 6.07) is 8.47. The highest BCUT2D eigenvalue weighted by Gasteiger charge is 2.52. The van der Waals surface area contributed by atoms with E-state index in [1.807, 2.05) is 32.6 Å². The molecule has 1 aliphatic carbocycles. The molecule has 0 aromatic heterocycles. The van der Waals surface area contributed by atoms with Crippen LogP contribution in [0.4, 0.5) is 11.4 Å². The summed E-state index contributed by atoms with van der Waals surface area (Å²) >= 11 is 0. The molecule has 5 rings (SSSR count). The van der Waals surface area contributed by atoms with Crippen molar-refractivity contribution in [1.82, 2.24) is 0 Å². The number of ketones is 1. The molecule has 0 amide bonds. The molecule has 1 saturated carbocycles. The quantitative estimate of drug-likeness (QED) is 0.194. The maximum absolute atomic E-state index is 13.6. The Morgan fingerprint density at radius 1 is 0.913 bits per heavy atom. The molecule has 4 N–H and O–H groups in total. The van der Waals surface area contributed by atoms with Gasteiger partial charge in [-0.2, -0.15) is 16.8 Å². The number of carbonyl (C=O) groups is 2. The fourth-order valence-corrected chi connectivity index (χ4v) is 7.80. The third-order valence-corrected chi connectivity index (χ3v) is 11.3. The van der Waals surface area contributed by atoms with Crippen LogP contribution in [0, 0.1) is 11.8 Å². The minimum Gasteiger partial charge on any atom is -0.481 e. The Morgan fingerprint density at radius 3 is 2.11 bits per heavy atom. The van der Waals surface area contributed by atoms with Gasteiger partial charge in [0.15, 0.2) is 0 Å². The molecular formula is C32H38N2O10S2. The topological polar surface area (TPSA) is 199 Å². The molecule has 0 bridgehead atoms. The van der Waals surface area contributed by atoms with Crippen LogP contribution in [-0.2, 0) is 40.7 Å². The summed E-state index contributed by atoms with van der Waals surface area (Å²) in [6.45, 7) is 7.89. The molecule has 2 aromatic rings. The molecule has 0 radical (unpaired) electrons. The van der Waals surface area contributed by atoms with E-state index in [0.717, 1.165) is 0 Å². The minimum absolute atomic E-state index is 0.0432. The Bertz CT molecular complexity index is 1890. The molecule has 248 valence electrons. The van der Waals surface area contributed by atoms with Gasteiger partial charge >= 0.3 is 5.97 Å². The summed E-state index contributed by atoms with van der Waals surface area (Å²) in [5.41, 5.74) is 2.18. The average molecular weight is 675 g/mol. The zero-order chi connectivity index (χ0) is 34.0. The predicted molar refractivity (Wildman–Crippen MR) is 170 cm³/mol. The van der Waals surface area contributed by atoms with Crippen molar-refractivity contribution in [2.75, 3.05) is 11.4 Å². The van der Waals surface area contributed by atoms with Gasteiger partial charge in [0.05, 0.1) is 33.4 Å². The number of hydrogen-bond acceptors (Lipinski definition) is 9. The number of rotatable bonds is 11. The highest BCUT2D eigenvalue weighted by atomic mass is 32.2. The van der Waals surface area contributed by atoms with E-state index >= 15 is 0 Å². The lowest BCUT2D eigenvalue weighted by molar-refractivity contribution is -0.146.